The van der Waals surface area contributed by atoms with Crippen molar-refractivity contribution in [1.82, 2.24) is 14.9 Å². The van der Waals surface area contributed by atoms with Crippen LogP contribution in [0.2, 0.25) is 0 Å². The van der Waals surface area contributed by atoms with Crippen molar-refractivity contribution in [3.8, 4) is 11.4 Å². The van der Waals surface area contributed by atoms with Crippen LogP contribution in [0.25, 0.3) is 11.4 Å². The Balaban J connectivity index is 1.80. The van der Waals surface area contributed by atoms with Crippen molar-refractivity contribution in [3.05, 3.63) is 87.6 Å². The number of aromatic amines is 1. The molecule has 0 aliphatic carbocycles. The van der Waals surface area contributed by atoms with Crippen LogP contribution in [0.4, 0.5) is 4.39 Å². The van der Waals surface area contributed by atoms with Crippen molar-refractivity contribution in [2.45, 2.75) is 13.5 Å². The largest absolute Gasteiger partial charge is 0.337 e. The van der Waals surface area contributed by atoms with Crippen molar-refractivity contribution >= 4 is 5.91 Å². The Hall–Kier alpha value is -3.28. The van der Waals surface area contributed by atoms with Crippen LogP contribution in [0, 0.1) is 12.7 Å². The molecule has 3 rings (SSSR count). The molecule has 5 nitrogen and oxygen atoms in total. The van der Waals surface area contributed by atoms with Crippen molar-refractivity contribution < 1.29 is 9.18 Å². The van der Waals surface area contributed by atoms with E-state index in [2.05, 4.69) is 9.97 Å². The number of benzene rings is 2. The predicted molar refractivity (Wildman–Crippen MR) is 97.2 cm³/mol. The fraction of sp³-hybridized carbons (Fsp3) is 0.150. The molecule has 0 radical (unpaired) electrons. The highest BCUT2D eigenvalue weighted by Gasteiger charge is 2.17. The summed E-state index contributed by atoms with van der Waals surface area (Å²) in [5.41, 5.74) is 2.11. The minimum absolute atomic E-state index is 0.0366. The fourth-order valence-corrected chi connectivity index (χ4v) is 2.55. The van der Waals surface area contributed by atoms with Gasteiger partial charge in [0.25, 0.3) is 11.5 Å². The highest BCUT2D eigenvalue weighted by atomic mass is 19.1. The second kappa shape index (κ2) is 7.31. The molecule has 1 heterocycles. The number of hydrogen-bond acceptors (Lipinski definition) is 3. The van der Waals surface area contributed by atoms with Crippen molar-refractivity contribution in [1.29, 1.82) is 0 Å². The van der Waals surface area contributed by atoms with E-state index in [1.54, 1.807) is 19.2 Å². The number of aromatic nitrogens is 2. The number of aryl methyl sites for hydroxylation is 1. The number of halogens is 1. The Bertz CT molecular complexity index is 979. The Morgan fingerprint density at radius 2 is 1.77 bits per heavy atom. The van der Waals surface area contributed by atoms with Crippen LogP contribution in [0.15, 0.2) is 59.5 Å². The molecule has 132 valence electrons. The van der Waals surface area contributed by atoms with E-state index in [1.807, 2.05) is 31.2 Å². The molecule has 1 aromatic heterocycles. The maximum Gasteiger partial charge on any atom is 0.264 e. The van der Waals surface area contributed by atoms with E-state index in [0.29, 0.717) is 5.82 Å². The number of hydrogen-bond donors (Lipinski definition) is 1. The summed E-state index contributed by atoms with van der Waals surface area (Å²) in [7, 11) is 1.58. The normalized spacial score (nSPS) is 10.6. The van der Waals surface area contributed by atoms with Gasteiger partial charge in [0.05, 0.1) is 0 Å². The topological polar surface area (TPSA) is 66.1 Å². The van der Waals surface area contributed by atoms with Gasteiger partial charge >= 0.3 is 0 Å². The third-order valence-corrected chi connectivity index (χ3v) is 4.03. The molecule has 0 aliphatic rings. The smallest absolute Gasteiger partial charge is 0.264 e. The molecule has 0 atom stereocenters. The van der Waals surface area contributed by atoms with Crippen LogP contribution >= 0.6 is 0 Å². The summed E-state index contributed by atoms with van der Waals surface area (Å²) < 4.78 is 13.0. The maximum absolute atomic E-state index is 13.0. The van der Waals surface area contributed by atoms with E-state index in [9.17, 15) is 14.0 Å². The van der Waals surface area contributed by atoms with Gasteiger partial charge < -0.3 is 9.88 Å². The van der Waals surface area contributed by atoms with E-state index < -0.39 is 11.5 Å². The number of carbonyl (C=O) groups excluding carboxylic acids is 1. The average molecular weight is 351 g/mol. The molecular formula is C20H18FN3O2. The molecule has 1 amide bonds. The summed E-state index contributed by atoms with van der Waals surface area (Å²) in [6, 6.07) is 13.4. The Kier molecular flexibility index (Phi) is 4.93. The molecule has 2 aromatic carbocycles. The molecule has 3 aromatic rings. The van der Waals surface area contributed by atoms with Gasteiger partial charge in [-0.05, 0) is 24.6 Å². The number of rotatable bonds is 4. The number of carbonyl (C=O) groups is 1. The van der Waals surface area contributed by atoms with Crippen LogP contribution in [0.5, 0.6) is 0 Å². The van der Waals surface area contributed by atoms with Gasteiger partial charge in [0, 0.05) is 25.4 Å². The summed E-state index contributed by atoms with van der Waals surface area (Å²) >= 11 is 0. The van der Waals surface area contributed by atoms with Gasteiger partial charge in [-0.1, -0.05) is 42.0 Å². The van der Waals surface area contributed by atoms with Gasteiger partial charge in [-0.2, -0.15) is 0 Å². The van der Waals surface area contributed by atoms with Crippen LogP contribution in [-0.4, -0.2) is 27.8 Å². The quantitative estimate of drug-likeness (QED) is 0.785. The van der Waals surface area contributed by atoms with Crippen LogP contribution in [0.3, 0.4) is 0 Å². The summed E-state index contributed by atoms with van der Waals surface area (Å²) in [6.45, 7) is 2.23. The third kappa shape index (κ3) is 3.85. The highest BCUT2D eigenvalue weighted by molar-refractivity contribution is 5.93. The zero-order chi connectivity index (χ0) is 18.7. The summed E-state index contributed by atoms with van der Waals surface area (Å²) in [5.74, 6) is -0.374. The Morgan fingerprint density at radius 1 is 1.12 bits per heavy atom. The lowest BCUT2D eigenvalue weighted by molar-refractivity contribution is 0.0783. The molecule has 0 spiro atoms. The zero-order valence-corrected chi connectivity index (χ0v) is 14.5. The van der Waals surface area contributed by atoms with Crippen LogP contribution < -0.4 is 5.56 Å². The fourth-order valence-electron chi connectivity index (χ4n) is 2.55. The van der Waals surface area contributed by atoms with Crippen molar-refractivity contribution in [2.75, 3.05) is 7.05 Å². The number of amides is 1. The standard InChI is InChI=1S/C20H18FN3O2/c1-13-3-7-15(8-4-13)18-22-11-17(19(25)23-18)20(26)24(2)12-14-5-9-16(21)10-6-14/h3-11H,12H2,1-2H3,(H,22,23,25). The first kappa shape index (κ1) is 17.5. The lowest BCUT2D eigenvalue weighted by Gasteiger charge is -2.17. The average Bonchev–Trinajstić information content (AvgIpc) is 2.63. The van der Waals surface area contributed by atoms with E-state index in [4.69, 9.17) is 0 Å². The molecular weight excluding hydrogens is 333 g/mol. The number of nitrogens with zero attached hydrogens (tertiary/aromatic N) is 2. The molecule has 0 saturated heterocycles. The molecule has 0 aliphatic heterocycles. The second-order valence-corrected chi connectivity index (χ2v) is 6.13. The van der Waals surface area contributed by atoms with Crippen LogP contribution in [0.1, 0.15) is 21.5 Å². The van der Waals surface area contributed by atoms with Crippen LogP contribution in [-0.2, 0) is 6.54 Å². The van der Waals surface area contributed by atoms with E-state index in [-0.39, 0.29) is 17.9 Å². The molecule has 0 saturated carbocycles. The lowest BCUT2D eigenvalue weighted by atomic mass is 10.1. The Morgan fingerprint density at radius 3 is 2.38 bits per heavy atom. The summed E-state index contributed by atoms with van der Waals surface area (Å²) in [6.07, 6.45) is 1.29. The SMILES string of the molecule is Cc1ccc(-c2ncc(C(=O)N(C)Cc3ccc(F)cc3)c(=O)[nH]2)cc1. The molecule has 0 unspecified atom stereocenters. The lowest BCUT2D eigenvalue weighted by Crippen LogP contribution is -2.31. The van der Waals surface area contributed by atoms with Gasteiger partial charge in [-0.25, -0.2) is 9.37 Å². The molecule has 6 heteroatoms. The molecule has 0 fully saturated rings. The predicted octanol–water partition coefficient (Wildman–Crippen LogP) is 3.16. The highest BCUT2D eigenvalue weighted by Crippen LogP contribution is 2.14. The summed E-state index contributed by atoms with van der Waals surface area (Å²) in [4.78, 5) is 33.1. The second-order valence-electron chi connectivity index (χ2n) is 6.13. The van der Waals surface area contributed by atoms with Crippen molar-refractivity contribution in [3.63, 3.8) is 0 Å². The van der Waals surface area contributed by atoms with Gasteiger partial charge in [0.1, 0.15) is 17.2 Å². The first-order valence-electron chi connectivity index (χ1n) is 8.10. The molecule has 1 N–H and O–H groups in total. The molecule has 0 bridgehead atoms. The maximum atomic E-state index is 13.0. The molecule has 26 heavy (non-hydrogen) atoms. The number of H-pyrrole nitrogens is 1. The van der Waals surface area contributed by atoms with Gasteiger partial charge in [0.2, 0.25) is 0 Å². The van der Waals surface area contributed by atoms with Gasteiger partial charge in [-0.15, -0.1) is 0 Å². The van der Waals surface area contributed by atoms with Gasteiger partial charge in [-0.3, -0.25) is 9.59 Å². The third-order valence-electron chi connectivity index (χ3n) is 4.03. The Labute approximate surface area is 150 Å². The van der Waals surface area contributed by atoms with Crippen molar-refractivity contribution in [2.24, 2.45) is 0 Å². The van der Waals surface area contributed by atoms with E-state index in [0.717, 1.165) is 16.7 Å². The van der Waals surface area contributed by atoms with E-state index >= 15 is 0 Å². The monoisotopic (exact) mass is 351 g/mol. The summed E-state index contributed by atoms with van der Waals surface area (Å²) in [5, 5.41) is 0. The minimum atomic E-state index is -0.494. The number of nitrogens with one attached hydrogen (secondary N) is 1. The van der Waals surface area contributed by atoms with Gasteiger partial charge in [0.15, 0.2) is 0 Å². The zero-order valence-electron chi connectivity index (χ0n) is 14.5. The first-order chi connectivity index (χ1) is 12.4. The van der Waals surface area contributed by atoms with E-state index in [1.165, 1.54) is 23.2 Å². The first-order valence-corrected chi connectivity index (χ1v) is 8.10. The minimum Gasteiger partial charge on any atom is -0.337 e.